The molecule has 138 valence electrons. The molecular weight excluding hydrogens is 343 g/mol. The number of carboxylic acids is 1. The number of amides is 1. The first kappa shape index (κ1) is 19.0. The molecule has 0 saturated carbocycles. The molecule has 1 aromatic carbocycles. The summed E-state index contributed by atoms with van der Waals surface area (Å²) in [6.07, 6.45) is -4.83. The Morgan fingerprint density at radius 2 is 1.84 bits per heavy atom. The Balaban J connectivity index is 1.95. The molecule has 0 aromatic heterocycles. The highest BCUT2D eigenvalue weighted by Gasteiger charge is 2.36. The molecule has 25 heavy (non-hydrogen) atoms. The first-order valence-electron chi connectivity index (χ1n) is 7.69. The maximum atomic E-state index is 12.4. The van der Waals surface area contributed by atoms with Gasteiger partial charge in [0, 0.05) is 18.4 Å². The highest BCUT2D eigenvalue weighted by molar-refractivity contribution is 5.96. The zero-order valence-electron chi connectivity index (χ0n) is 13.2. The van der Waals surface area contributed by atoms with Crippen LogP contribution in [-0.2, 0) is 9.53 Å². The van der Waals surface area contributed by atoms with E-state index in [1.165, 1.54) is 24.3 Å². The largest absolute Gasteiger partial charge is 0.490 e. The third kappa shape index (κ3) is 6.26. The van der Waals surface area contributed by atoms with Crippen molar-refractivity contribution in [1.29, 1.82) is 0 Å². The van der Waals surface area contributed by atoms with Gasteiger partial charge in [-0.15, -0.1) is 0 Å². The van der Waals surface area contributed by atoms with Crippen LogP contribution in [0.1, 0.15) is 29.6 Å². The fraction of sp³-hybridized carbons (Fsp3) is 0.500. The first-order chi connectivity index (χ1) is 11.7. The van der Waals surface area contributed by atoms with E-state index in [9.17, 15) is 22.8 Å². The Morgan fingerprint density at radius 3 is 2.36 bits per heavy atom. The molecule has 1 amide bonds. The van der Waals surface area contributed by atoms with E-state index in [0.717, 1.165) is 12.8 Å². The fourth-order valence-corrected chi connectivity index (χ4v) is 2.34. The third-order valence-electron chi connectivity index (χ3n) is 3.63. The average molecular weight is 361 g/mol. The summed E-state index contributed by atoms with van der Waals surface area (Å²) in [5, 5.41) is 10.7. The molecule has 0 bridgehead atoms. The smallest absolute Gasteiger partial charge is 0.391 e. The van der Waals surface area contributed by atoms with Crippen molar-refractivity contribution in [3.05, 3.63) is 29.8 Å². The number of aliphatic carboxylic acids is 1. The number of nitrogens with one attached hydrogen (secondary N) is 1. The Labute approximate surface area is 141 Å². The summed E-state index contributed by atoms with van der Waals surface area (Å²) in [7, 11) is 0. The number of hydrogen-bond acceptors (Lipinski definition) is 4. The molecule has 6 nitrogen and oxygen atoms in total. The Kier molecular flexibility index (Phi) is 6.24. The van der Waals surface area contributed by atoms with Gasteiger partial charge in [-0.2, -0.15) is 13.2 Å². The van der Waals surface area contributed by atoms with Crippen LogP contribution in [0.15, 0.2) is 24.3 Å². The lowest BCUT2D eigenvalue weighted by Crippen LogP contribution is -2.43. The molecule has 0 radical (unpaired) electrons. The molecule has 2 rings (SSSR count). The van der Waals surface area contributed by atoms with Gasteiger partial charge in [-0.1, -0.05) is 0 Å². The predicted octanol–water partition coefficient (Wildman–Crippen LogP) is 2.38. The zero-order chi connectivity index (χ0) is 18.4. The van der Waals surface area contributed by atoms with E-state index in [1.54, 1.807) is 0 Å². The van der Waals surface area contributed by atoms with Crippen LogP contribution in [0, 0.1) is 0 Å². The minimum atomic E-state index is -4.70. The molecule has 0 spiro atoms. The number of carbonyl (C=O) groups excluding carboxylic acids is 1. The zero-order valence-corrected chi connectivity index (χ0v) is 13.2. The summed E-state index contributed by atoms with van der Waals surface area (Å²) in [6, 6.07) is 3.74. The Hall–Kier alpha value is -2.29. The van der Waals surface area contributed by atoms with Crippen molar-refractivity contribution in [1.82, 2.24) is 5.32 Å². The van der Waals surface area contributed by atoms with Crippen LogP contribution < -0.4 is 10.1 Å². The van der Waals surface area contributed by atoms with Gasteiger partial charge in [-0.3, -0.25) is 4.79 Å². The van der Waals surface area contributed by atoms with Crippen molar-refractivity contribution in [2.75, 3.05) is 13.2 Å². The number of rotatable bonds is 6. The Morgan fingerprint density at radius 1 is 1.24 bits per heavy atom. The van der Waals surface area contributed by atoms with Gasteiger partial charge < -0.3 is 19.9 Å². The van der Waals surface area contributed by atoms with E-state index in [-0.39, 0.29) is 11.7 Å². The van der Waals surface area contributed by atoms with Crippen LogP contribution in [0.3, 0.4) is 0 Å². The molecule has 2 N–H and O–H groups in total. The van der Waals surface area contributed by atoms with E-state index >= 15 is 0 Å². The second kappa shape index (κ2) is 8.19. The molecular formula is C16H18F3NO5. The number of carbonyl (C=O) groups is 2. The first-order valence-corrected chi connectivity index (χ1v) is 7.69. The van der Waals surface area contributed by atoms with Gasteiger partial charge in [0.2, 0.25) is 0 Å². The summed E-state index contributed by atoms with van der Waals surface area (Å²) in [5.74, 6) is -2.12. The highest BCUT2D eigenvalue weighted by Crippen LogP contribution is 2.22. The number of ether oxygens (including phenoxy) is 2. The molecule has 1 fully saturated rings. The quantitative estimate of drug-likeness (QED) is 0.813. The minimum Gasteiger partial charge on any atom is -0.490 e. The molecule has 0 aliphatic carbocycles. The molecule has 1 heterocycles. The fourth-order valence-electron chi connectivity index (χ4n) is 2.34. The normalized spacial score (nSPS) is 16.9. The molecule has 1 atom stereocenters. The van der Waals surface area contributed by atoms with Crippen molar-refractivity contribution in [3.63, 3.8) is 0 Å². The van der Waals surface area contributed by atoms with E-state index in [2.05, 4.69) is 0 Å². The van der Waals surface area contributed by atoms with Crippen LogP contribution in [0.2, 0.25) is 0 Å². The average Bonchev–Trinajstić information content (AvgIpc) is 2.54. The van der Waals surface area contributed by atoms with Gasteiger partial charge in [0.05, 0.1) is 19.6 Å². The molecule has 1 aliphatic heterocycles. The number of hydrogen-bond donors (Lipinski definition) is 2. The van der Waals surface area contributed by atoms with Crippen molar-refractivity contribution in [3.8, 4) is 5.75 Å². The Bertz CT molecular complexity index is 597. The van der Waals surface area contributed by atoms with Gasteiger partial charge in [-0.05, 0) is 24.3 Å². The van der Waals surface area contributed by atoms with Gasteiger partial charge in [0.15, 0.2) is 0 Å². The van der Waals surface area contributed by atoms with E-state index in [1.807, 2.05) is 5.32 Å². The van der Waals surface area contributed by atoms with Crippen LogP contribution in [0.4, 0.5) is 13.2 Å². The monoisotopic (exact) mass is 361 g/mol. The van der Waals surface area contributed by atoms with Crippen LogP contribution >= 0.6 is 0 Å². The lowest BCUT2D eigenvalue weighted by atomic mass is 10.1. The third-order valence-corrected chi connectivity index (χ3v) is 3.63. The number of benzene rings is 1. The van der Waals surface area contributed by atoms with Crippen molar-refractivity contribution in [2.24, 2.45) is 0 Å². The van der Waals surface area contributed by atoms with Crippen LogP contribution in [-0.4, -0.2) is 48.5 Å². The topological polar surface area (TPSA) is 84.9 Å². The highest BCUT2D eigenvalue weighted by atomic mass is 19.4. The summed E-state index contributed by atoms with van der Waals surface area (Å²) < 4.78 is 48.0. The van der Waals surface area contributed by atoms with Crippen LogP contribution in [0.25, 0.3) is 0 Å². The van der Waals surface area contributed by atoms with Crippen molar-refractivity contribution < 1.29 is 37.3 Å². The maximum absolute atomic E-state index is 12.4. The lowest BCUT2D eigenvalue weighted by Gasteiger charge is -2.23. The summed E-state index contributed by atoms with van der Waals surface area (Å²) >= 11 is 0. The van der Waals surface area contributed by atoms with Gasteiger partial charge in [-0.25, -0.2) is 4.79 Å². The number of carboxylic acid groups (broad SMARTS) is 1. The van der Waals surface area contributed by atoms with Gasteiger partial charge >= 0.3 is 12.1 Å². The molecule has 1 aliphatic rings. The number of halogens is 3. The molecule has 9 heteroatoms. The summed E-state index contributed by atoms with van der Waals surface area (Å²) in [5.41, 5.74) is 0.0488. The molecule has 1 unspecified atom stereocenters. The predicted molar refractivity (Wildman–Crippen MR) is 80.5 cm³/mol. The lowest BCUT2D eigenvalue weighted by molar-refractivity contribution is -0.157. The molecule has 1 saturated heterocycles. The van der Waals surface area contributed by atoms with Crippen molar-refractivity contribution in [2.45, 2.75) is 37.6 Å². The summed E-state index contributed by atoms with van der Waals surface area (Å²) in [6.45, 7) is 1.22. The second-order valence-electron chi connectivity index (χ2n) is 5.64. The molecule has 1 aromatic rings. The van der Waals surface area contributed by atoms with Crippen molar-refractivity contribution >= 4 is 11.9 Å². The minimum absolute atomic E-state index is 0.0107. The van der Waals surface area contributed by atoms with E-state index in [4.69, 9.17) is 14.6 Å². The van der Waals surface area contributed by atoms with Gasteiger partial charge in [0.25, 0.3) is 5.91 Å². The maximum Gasteiger partial charge on any atom is 0.391 e. The second-order valence-corrected chi connectivity index (χ2v) is 5.64. The summed E-state index contributed by atoms with van der Waals surface area (Å²) in [4.78, 5) is 22.8. The van der Waals surface area contributed by atoms with E-state index < -0.39 is 30.5 Å². The standard InChI is InChI=1S/C16H18F3NO5/c17-16(18,19)9-13(15(22)23)20-14(21)10-1-3-11(4-2-10)25-12-5-7-24-8-6-12/h1-4,12-13H,5-9H2,(H,20,21)(H,22,23). The number of alkyl halides is 3. The van der Waals surface area contributed by atoms with E-state index in [0.29, 0.717) is 19.0 Å². The van der Waals surface area contributed by atoms with Gasteiger partial charge in [0.1, 0.15) is 17.9 Å². The SMILES string of the molecule is O=C(NC(CC(F)(F)F)C(=O)O)c1ccc(OC2CCOCC2)cc1. The van der Waals surface area contributed by atoms with Crippen LogP contribution in [0.5, 0.6) is 5.75 Å².